The molecule has 0 radical (unpaired) electrons. The van der Waals surface area contributed by atoms with E-state index in [1.54, 1.807) is 24.4 Å². The van der Waals surface area contributed by atoms with Gasteiger partial charge in [0, 0.05) is 11.8 Å². The summed E-state index contributed by atoms with van der Waals surface area (Å²) in [4.78, 5) is 4.15. The van der Waals surface area contributed by atoms with Gasteiger partial charge in [-0.15, -0.1) is 0 Å². The maximum atomic E-state index is 13.0. The van der Waals surface area contributed by atoms with E-state index in [2.05, 4.69) is 20.3 Å². The van der Waals surface area contributed by atoms with Gasteiger partial charge in [-0.3, -0.25) is 5.10 Å². The van der Waals surface area contributed by atoms with E-state index >= 15 is 0 Å². The molecule has 0 unspecified atom stereocenters. The number of aromatic amines is 1. The topological polar surface area (TPSA) is 67.6 Å². The Bertz CT molecular complexity index is 632. The minimum Gasteiger partial charge on any atom is -0.332 e. The molecule has 0 aliphatic rings. The SMILES string of the molecule is Fc1cccc(-c2noc(-c3ccn[nH]3)n2)c1. The standard InChI is InChI=1S/C11H7FN4O/c12-8-3-1-2-7(6-8)10-14-11(17-16-10)9-4-5-13-15-9/h1-6H,(H,13,15). The molecule has 0 amide bonds. The summed E-state index contributed by atoms with van der Waals surface area (Å²) < 4.78 is 18.1. The summed E-state index contributed by atoms with van der Waals surface area (Å²) in [7, 11) is 0. The predicted octanol–water partition coefficient (Wildman–Crippen LogP) is 2.27. The Morgan fingerprint density at radius 2 is 2.18 bits per heavy atom. The quantitative estimate of drug-likeness (QED) is 0.733. The second kappa shape index (κ2) is 3.82. The molecule has 0 saturated carbocycles. The van der Waals surface area contributed by atoms with E-state index in [1.165, 1.54) is 12.1 Å². The molecule has 3 aromatic rings. The van der Waals surface area contributed by atoms with Gasteiger partial charge in [-0.05, 0) is 18.2 Å². The third-order valence-corrected chi connectivity index (χ3v) is 2.24. The molecule has 0 saturated heterocycles. The summed E-state index contributed by atoms with van der Waals surface area (Å²) in [6.07, 6.45) is 1.58. The predicted molar refractivity (Wildman–Crippen MR) is 57.3 cm³/mol. The number of nitrogens with zero attached hydrogens (tertiary/aromatic N) is 3. The molecule has 0 aliphatic heterocycles. The molecule has 17 heavy (non-hydrogen) atoms. The third-order valence-electron chi connectivity index (χ3n) is 2.24. The van der Waals surface area contributed by atoms with E-state index in [0.29, 0.717) is 23.0 Å². The first-order valence-electron chi connectivity index (χ1n) is 4.92. The zero-order chi connectivity index (χ0) is 11.7. The van der Waals surface area contributed by atoms with Crippen LogP contribution in [0, 0.1) is 5.82 Å². The van der Waals surface area contributed by atoms with Gasteiger partial charge in [-0.2, -0.15) is 10.1 Å². The van der Waals surface area contributed by atoms with Crippen LogP contribution in [0.4, 0.5) is 4.39 Å². The van der Waals surface area contributed by atoms with Gasteiger partial charge in [0.25, 0.3) is 5.89 Å². The highest BCUT2D eigenvalue weighted by atomic mass is 19.1. The molecule has 0 fully saturated rings. The number of hydrogen-bond acceptors (Lipinski definition) is 4. The molecule has 1 aromatic carbocycles. The lowest BCUT2D eigenvalue weighted by Gasteiger charge is -1.92. The van der Waals surface area contributed by atoms with Gasteiger partial charge in [0.2, 0.25) is 5.82 Å². The second-order valence-corrected chi connectivity index (χ2v) is 3.40. The van der Waals surface area contributed by atoms with Gasteiger partial charge < -0.3 is 4.52 Å². The van der Waals surface area contributed by atoms with Crippen molar-refractivity contribution in [2.45, 2.75) is 0 Å². The number of benzene rings is 1. The smallest absolute Gasteiger partial charge is 0.276 e. The first kappa shape index (κ1) is 9.71. The highest BCUT2D eigenvalue weighted by Gasteiger charge is 2.11. The minimum atomic E-state index is -0.338. The molecular weight excluding hydrogens is 223 g/mol. The summed E-state index contributed by atoms with van der Waals surface area (Å²) in [6.45, 7) is 0. The Balaban J connectivity index is 2.01. The number of nitrogens with one attached hydrogen (secondary N) is 1. The monoisotopic (exact) mass is 230 g/mol. The van der Waals surface area contributed by atoms with Gasteiger partial charge in [0.15, 0.2) is 0 Å². The van der Waals surface area contributed by atoms with Crippen LogP contribution in [-0.4, -0.2) is 20.3 Å². The van der Waals surface area contributed by atoms with Crippen LogP contribution >= 0.6 is 0 Å². The summed E-state index contributed by atoms with van der Waals surface area (Å²) in [5, 5.41) is 10.3. The highest BCUT2D eigenvalue weighted by molar-refractivity contribution is 5.57. The van der Waals surface area contributed by atoms with Gasteiger partial charge in [-0.25, -0.2) is 4.39 Å². The number of H-pyrrole nitrogens is 1. The van der Waals surface area contributed by atoms with E-state index < -0.39 is 0 Å². The van der Waals surface area contributed by atoms with Crippen molar-refractivity contribution in [2.24, 2.45) is 0 Å². The van der Waals surface area contributed by atoms with Crippen LogP contribution in [0.3, 0.4) is 0 Å². The molecule has 0 spiro atoms. The fourth-order valence-corrected chi connectivity index (χ4v) is 1.45. The zero-order valence-corrected chi connectivity index (χ0v) is 8.59. The number of halogens is 1. The molecule has 0 aliphatic carbocycles. The molecule has 3 rings (SSSR count). The largest absolute Gasteiger partial charge is 0.332 e. The van der Waals surface area contributed by atoms with E-state index in [0.717, 1.165) is 0 Å². The Hall–Kier alpha value is -2.50. The van der Waals surface area contributed by atoms with Crippen LogP contribution < -0.4 is 0 Å². The summed E-state index contributed by atoms with van der Waals surface area (Å²) in [5.41, 5.74) is 1.19. The first-order chi connectivity index (χ1) is 8.33. The van der Waals surface area contributed by atoms with E-state index in [4.69, 9.17) is 4.52 Å². The van der Waals surface area contributed by atoms with Crippen molar-refractivity contribution in [3.05, 3.63) is 42.3 Å². The molecule has 6 heteroatoms. The molecule has 84 valence electrons. The van der Waals surface area contributed by atoms with Crippen LogP contribution in [0.25, 0.3) is 23.0 Å². The van der Waals surface area contributed by atoms with Crippen molar-refractivity contribution in [2.75, 3.05) is 0 Å². The normalized spacial score (nSPS) is 10.6. The maximum Gasteiger partial charge on any atom is 0.276 e. The fraction of sp³-hybridized carbons (Fsp3) is 0. The van der Waals surface area contributed by atoms with Crippen molar-refractivity contribution in [1.29, 1.82) is 0 Å². The molecule has 2 heterocycles. The van der Waals surface area contributed by atoms with E-state index in [9.17, 15) is 4.39 Å². The Morgan fingerprint density at radius 1 is 1.24 bits per heavy atom. The van der Waals surface area contributed by atoms with Gasteiger partial charge >= 0.3 is 0 Å². The zero-order valence-electron chi connectivity index (χ0n) is 8.59. The number of aromatic nitrogens is 4. The van der Waals surface area contributed by atoms with Crippen LogP contribution in [0.1, 0.15) is 0 Å². The molecule has 5 nitrogen and oxygen atoms in total. The summed E-state index contributed by atoms with van der Waals surface area (Å²) >= 11 is 0. The summed E-state index contributed by atoms with van der Waals surface area (Å²) in [6, 6.07) is 7.73. The maximum absolute atomic E-state index is 13.0. The first-order valence-corrected chi connectivity index (χ1v) is 4.92. The van der Waals surface area contributed by atoms with Crippen LogP contribution in [-0.2, 0) is 0 Å². The van der Waals surface area contributed by atoms with Gasteiger partial charge in [-0.1, -0.05) is 17.3 Å². The fourth-order valence-electron chi connectivity index (χ4n) is 1.45. The van der Waals surface area contributed by atoms with Crippen molar-refractivity contribution in [3.8, 4) is 23.0 Å². The Kier molecular flexibility index (Phi) is 2.18. The lowest BCUT2D eigenvalue weighted by Crippen LogP contribution is -1.82. The highest BCUT2D eigenvalue weighted by Crippen LogP contribution is 2.20. The average molecular weight is 230 g/mol. The van der Waals surface area contributed by atoms with E-state index in [-0.39, 0.29) is 5.82 Å². The second-order valence-electron chi connectivity index (χ2n) is 3.40. The molecule has 2 aromatic heterocycles. The molecule has 0 atom stereocenters. The Labute approximate surface area is 95.3 Å². The van der Waals surface area contributed by atoms with Crippen molar-refractivity contribution < 1.29 is 8.91 Å². The molecule has 1 N–H and O–H groups in total. The van der Waals surface area contributed by atoms with Crippen LogP contribution in [0.5, 0.6) is 0 Å². The van der Waals surface area contributed by atoms with Crippen molar-refractivity contribution in [1.82, 2.24) is 20.3 Å². The molecular formula is C11H7FN4O. The van der Waals surface area contributed by atoms with Gasteiger partial charge in [0.05, 0.1) is 0 Å². The summed E-state index contributed by atoms with van der Waals surface area (Å²) in [5.74, 6) is 0.325. The molecule has 0 bridgehead atoms. The van der Waals surface area contributed by atoms with Crippen LogP contribution in [0.2, 0.25) is 0 Å². The lowest BCUT2D eigenvalue weighted by atomic mass is 10.2. The average Bonchev–Trinajstić information content (AvgIpc) is 3.00. The van der Waals surface area contributed by atoms with Gasteiger partial charge in [0.1, 0.15) is 11.5 Å². The van der Waals surface area contributed by atoms with Crippen molar-refractivity contribution >= 4 is 0 Å². The third kappa shape index (κ3) is 1.80. The van der Waals surface area contributed by atoms with Crippen LogP contribution in [0.15, 0.2) is 41.1 Å². The Morgan fingerprint density at radius 3 is 2.94 bits per heavy atom. The minimum absolute atomic E-state index is 0.321. The number of rotatable bonds is 2. The van der Waals surface area contributed by atoms with Crippen molar-refractivity contribution in [3.63, 3.8) is 0 Å². The lowest BCUT2D eigenvalue weighted by molar-refractivity contribution is 0.431. The number of hydrogen-bond donors (Lipinski definition) is 1. The van der Waals surface area contributed by atoms with E-state index in [1.807, 2.05) is 0 Å².